The van der Waals surface area contributed by atoms with Crippen LogP contribution in [0.5, 0.6) is 0 Å². The highest BCUT2D eigenvalue weighted by molar-refractivity contribution is 7.80. The Morgan fingerprint density at radius 1 is 1.22 bits per heavy atom. The Balaban J connectivity index is 1.72. The van der Waals surface area contributed by atoms with E-state index in [-0.39, 0.29) is 23.8 Å². The zero-order valence-electron chi connectivity index (χ0n) is 15.8. The second-order valence-corrected chi connectivity index (χ2v) is 7.60. The molecule has 2 aromatic rings. The van der Waals surface area contributed by atoms with Gasteiger partial charge in [-0.3, -0.25) is 9.78 Å². The Bertz CT molecular complexity index is 766. The zero-order valence-corrected chi connectivity index (χ0v) is 16.6. The first-order chi connectivity index (χ1) is 13.0. The quantitative estimate of drug-likeness (QED) is 0.779. The summed E-state index contributed by atoms with van der Waals surface area (Å²) in [6.45, 7) is 5.98. The Morgan fingerprint density at radius 2 is 2.00 bits per heavy atom. The van der Waals surface area contributed by atoms with Crippen LogP contribution in [0.15, 0.2) is 54.9 Å². The lowest BCUT2D eigenvalue weighted by Gasteiger charge is -2.22. The van der Waals surface area contributed by atoms with Crippen molar-refractivity contribution in [3.63, 3.8) is 0 Å². The summed E-state index contributed by atoms with van der Waals surface area (Å²) in [5.74, 6) is 0.0329. The molecule has 2 heterocycles. The molecule has 0 spiro atoms. The molecule has 0 unspecified atom stereocenters. The fourth-order valence-electron chi connectivity index (χ4n) is 3.43. The summed E-state index contributed by atoms with van der Waals surface area (Å²) >= 11 is 5.55. The maximum atomic E-state index is 13.0. The summed E-state index contributed by atoms with van der Waals surface area (Å²) in [4.78, 5) is 19.2. The largest absolute Gasteiger partial charge is 0.360 e. The molecule has 0 radical (unpaired) electrons. The molecule has 27 heavy (non-hydrogen) atoms. The van der Waals surface area contributed by atoms with Gasteiger partial charge in [-0.05, 0) is 43.3 Å². The van der Waals surface area contributed by atoms with E-state index in [0.29, 0.717) is 18.2 Å². The van der Waals surface area contributed by atoms with Crippen LogP contribution in [0.3, 0.4) is 0 Å². The number of hydrogen-bond acceptors (Lipinski definition) is 3. The minimum Gasteiger partial charge on any atom is -0.360 e. The molecule has 5 nitrogen and oxygen atoms in total. The van der Waals surface area contributed by atoms with E-state index in [0.717, 1.165) is 12.1 Å². The van der Waals surface area contributed by atoms with Gasteiger partial charge in [-0.2, -0.15) is 0 Å². The lowest BCUT2D eigenvalue weighted by atomic mass is 9.88. The molecular formula is C21H26N4OS. The van der Waals surface area contributed by atoms with Crippen molar-refractivity contribution in [1.29, 1.82) is 0 Å². The number of thiocarbonyl (C=S) groups is 1. The molecule has 3 rings (SSSR count). The first-order valence-corrected chi connectivity index (χ1v) is 9.72. The molecule has 1 saturated heterocycles. The molecule has 142 valence electrons. The summed E-state index contributed by atoms with van der Waals surface area (Å²) in [6.07, 6.45) is 3.51. The lowest BCUT2D eigenvalue weighted by Crippen LogP contribution is -2.42. The second-order valence-electron chi connectivity index (χ2n) is 7.21. The third kappa shape index (κ3) is 5.04. The zero-order chi connectivity index (χ0) is 19.2. The van der Waals surface area contributed by atoms with Crippen molar-refractivity contribution in [3.8, 4) is 0 Å². The Hall–Kier alpha value is -2.47. The first kappa shape index (κ1) is 19.3. The minimum atomic E-state index is -0.143. The van der Waals surface area contributed by atoms with Crippen molar-refractivity contribution in [1.82, 2.24) is 20.5 Å². The van der Waals surface area contributed by atoms with Gasteiger partial charge in [0.25, 0.3) is 0 Å². The van der Waals surface area contributed by atoms with Gasteiger partial charge < -0.3 is 15.5 Å². The topological polar surface area (TPSA) is 57.3 Å². The summed E-state index contributed by atoms with van der Waals surface area (Å²) in [5.41, 5.74) is 2.17. The minimum absolute atomic E-state index is 0.0579. The van der Waals surface area contributed by atoms with E-state index in [1.54, 1.807) is 12.4 Å². The molecule has 6 heteroatoms. The Kier molecular flexibility index (Phi) is 6.40. The van der Waals surface area contributed by atoms with Crippen LogP contribution in [0.2, 0.25) is 0 Å². The Morgan fingerprint density at radius 3 is 2.67 bits per heavy atom. The van der Waals surface area contributed by atoms with Crippen LogP contribution < -0.4 is 10.6 Å². The molecule has 2 atom stereocenters. The van der Waals surface area contributed by atoms with Crippen LogP contribution >= 0.6 is 12.2 Å². The number of rotatable bonds is 5. The van der Waals surface area contributed by atoms with Crippen molar-refractivity contribution < 1.29 is 4.79 Å². The van der Waals surface area contributed by atoms with E-state index in [9.17, 15) is 4.79 Å². The molecule has 1 aliphatic heterocycles. The van der Waals surface area contributed by atoms with E-state index >= 15 is 0 Å². The number of carbonyl (C=O) groups is 1. The molecule has 1 aliphatic rings. The average Bonchev–Trinajstić information content (AvgIpc) is 3.13. The van der Waals surface area contributed by atoms with Crippen molar-refractivity contribution in [2.24, 2.45) is 5.92 Å². The molecular weight excluding hydrogens is 356 g/mol. The molecule has 1 fully saturated rings. The molecule has 0 saturated carbocycles. The summed E-state index contributed by atoms with van der Waals surface area (Å²) in [6, 6.07) is 14.3. The van der Waals surface area contributed by atoms with Gasteiger partial charge in [0.1, 0.15) is 0 Å². The van der Waals surface area contributed by atoms with Gasteiger partial charge in [0.05, 0.1) is 5.92 Å². The van der Waals surface area contributed by atoms with Crippen molar-refractivity contribution in [2.45, 2.75) is 32.4 Å². The van der Waals surface area contributed by atoms with E-state index < -0.39 is 0 Å². The van der Waals surface area contributed by atoms with Crippen molar-refractivity contribution in [2.75, 3.05) is 13.1 Å². The maximum absolute atomic E-state index is 13.0. The van der Waals surface area contributed by atoms with Gasteiger partial charge in [-0.1, -0.05) is 36.4 Å². The predicted octanol–water partition coefficient (Wildman–Crippen LogP) is 2.70. The van der Waals surface area contributed by atoms with Crippen molar-refractivity contribution >= 4 is 23.2 Å². The average molecular weight is 383 g/mol. The SMILES string of the molecule is CC(C)NC(=S)N1C[C@H](C(=O)NCc2cccnc2)[C@@H](c2ccccc2)C1. The normalized spacial score (nSPS) is 19.1. The van der Waals surface area contributed by atoms with E-state index in [1.807, 2.05) is 30.3 Å². The Labute approximate surface area is 166 Å². The van der Waals surface area contributed by atoms with Gasteiger partial charge in [0, 0.05) is 44.0 Å². The third-order valence-electron chi connectivity index (χ3n) is 4.77. The van der Waals surface area contributed by atoms with Crippen LogP contribution in [-0.2, 0) is 11.3 Å². The van der Waals surface area contributed by atoms with Crippen LogP contribution in [0.1, 0.15) is 30.9 Å². The summed E-state index contributed by atoms with van der Waals surface area (Å²) in [5, 5.41) is 7.08. The fourth-order valence-corrected chi connectivity index (χ4v) is 3.82. The van der Waals surface area contributed by atoms with Gasteiger partial charge in [0.15, 0.2) is 5.11 Å². The van der Waals surface area contributed by atoms with E-state index in [1.165, 1.54) is 5.56 Å². The fraction of sp³-hybridized carbons (Fsp3) is 0.381. The third-order valence-corrected chi connectivity index (χ3v) is 5.15. The van der Waals surface area contributed by atoms with Gasteiger partial charge in [-0.15, -0.1) is 0 Å². The van der Waals surface area contributed by atoms with Crippen LogP contribution in [0, 0.1) is 5.92 Å². The van der Waals surface area contributed by atoms with Crippen LogP contribution in [-0.4, -0.2) is 40.0 Å². The number of likely N-dealkylation sites (tertiary alicyclic amines) is 1. The number of nitrogens with one attached hydrogen (secondary N) is 2. The van der Waals surface area contributed by atoms with E-state index in [4.69, 9.17) is 12.2 Å². The number of pyridine rings is 1. The number of carbonyl (C=O) groups excluding carboxylic acids is 1. The van der Waals surface area contributed by atoms with E-state index in [2.05, 4.69) is 46.5 Å². The molecule has 0 aliphatic carbocycles. The molecule has 1 aromatic heterocycles. The van der Waals surface area contributed by atoms with Crippen molar-refractivity contribution in [3.05, 3.63) is 66.0 Å². The predicted molar refractivity (Wildman–Crippen MR) is 111 cm³/mol. The van der Waals surface area contributed by atoms with Gasteiger partial charge >= 0.3 is 0 Å². The van der Waals surface area contributed by atoms with Crippen LogP contribution in [0.25, 0.3) is 0 Å². The number of amides is 1. The number of benzene rings is 1. The number of nitrogens with zero attached hydrogens (tertiary/aromatic N) is 2. The van der Waals surface area contributed by atoms with Gasteiger partial charge in [0.2, 0.25) is 5.91 Å². The number of aromatic nitrogens is 1. The smallest absolute Gasteiger partial charge is 0.225 e. The summed E-state index contributed by atoms with van der Waals surface area (Å²) in [7, 11) is 0. The highest BCUT2D eigenvalue weighted by Crippen LogP contribution is 2.33. The molecule has 1 aromatic carbocycles. The monoisotopic (exact) mass is 382 g/mol. The molecule has 0 bridgehead atoms. The molecule has 2 N–H and O–H groups in total. The van der Waals surface area contributed by atoms with Gasteiger partial charge in [-0.25, -0.2) is 0 Å². The van der Waals surface area contributed by atoms with Crippen LogP contribution in [0.4, 0.5) is 0 Å². The number of hydrogen-bond donors (Lipinski definition) is 2. The first-order valence-electron chi connectivity index (χ1n) is 9.31. The summed E-state index contributed by atoms with van der Waals surface area (Å²) < 4.78 is 0. The highest BCUT2D eigenvalue weighted by atomic mass is 32.1. The molecule has 1 amide bonds. The second kappa shape index (κ2) is 8.95. The lowest BCUT2D eigenvalue weighted by molar-refractivity contribution is -0.125. The standard InChI is InChI=1S/C21H26N4OS/c1-15(2)24-21(27)25-13-18(17-8-4-3-5-9-17)19(14-25)20(26)23-12-16-7-6-10-22-11-16/h3-11,15,18-19H,12-14H2,1-2H3,(H,23,26)(H,24,27)/t18-,19+/m1/s1. The maximum Gasteiger partial charge on any atom is 0.225 e. The highest BCUT2D eigenvalue weighted by Gasteiger charge is 2.39.